The van der Waals surface area contributed by atoms with Crippen molar-refractivity contribution in [3.63, 3.8) is 0 Å². The van der Waals surface area contributed by atoms with Gasteiger partial charge in [-0.05, 0) is 57.0 Å². The minimum Gasteiger partial charge on any atom is -0.497 e. The Labute approximate surface area is 202 Å². The number of amides is 2. The predicted octanol–water partition coefficient (Wildman–Crippen LogP) is 3.18. The molecule has 9 heteroatoms. The van der Waals surface area contributed by atoms with E-state index in [4.69, 9.17) is 4.74 Å². The number of carbonyl (C=O) groups excluding carboxylic acids is 2. The summed E-state index contributed by atoms with van der Waals surface area (Å²) < 4.78 is 31.2. The van der Waals surface area contributed by atoms with Crippen LogP contribution in [0.25, 0.3) is 0 Å². The van der Waals surface area contributed by atoms with Gasteiger partial charge in [0.1, 0.15) is 11.8 Å². The Bertz CT molecular complexity index is 1060. The van der Waals surface area contributed by atoms with Gasteiger partial charge in [0.15, 0.2) is 0 Å². The fourth-order valence-electron chi connectivity index (χ4n) is 3.55. The summed E-state index contributed by atoms with van der Waals surface area (Å²) in [6, 6.07) is 15.4. The fraction of sp³-hybridized carbons (Fsp3) is 0.440. The quantitative estimate of drug-likeness (QED) is 0.494. The maximum Gasteiger partial charge on any atom is 0.242 e. The molecule has 0 aliphatic rings. The van der Waals surface area contributed by atoms with Crippen LogP contribution in [0.5, 0.6) is 5.75 Å². The lowest BCUT2D eigenvalue weighted by atomic mass is 10.1. The number of hydrogen-bond acceptors (Lipinski definition) is 5. The summed E-state index contributed by atoms with van der Waals surface area (Å²) in [6.45, 7) is 5.82. The van der Waals surface area contributed by atoms with Gasteiger partial charge in [0, 0.05) is 25.6 Å². The molecule has 0 heterocycles. The Hall–Kier alpha value is -3.07. The van der Waals surface area contributed by atoms with E-state index in [1.54, 1.807) is 38.3 Å². The number of para-hydroxylation sites is 1. The summed E-state index contributed by atoms with van der Waals surface area (Å²) in [6.07, 6.45) is 1.56. The number of ether oxygens (including phenoxy) is 1. The molecule has 8 nitrogen and oxygen atoms in total. The highest BCUT2D eigenvalue weighted by atomic mass is 32.2. The molecule has 1 atom stereocenters. The van der Waals surface area contributed by atoms with Crippen molar-refractivity contribution in [1.82, 2.24) is 10.2 Å². The molecule has 2 amide bonds. The molecular formula is C25H35N3O5S. The van der Waals surface area contributed by atoms with E-state index in [1.807, 2.05) is 44.2 Å². The van der Waals surface area contributed by atoms with Gasteiger partial charge < -0.3 is 15.0 Å². The highest BCUT2D eigenvalue weighted by molar-refractivity contribution is 7.92. The lowest BCUT2D eigenvalue weighted by Gasteiger charge is -2.30. The Morgan fingerprint density at radius 2 is 1.71 bits per heavy atom. The third-order valence-corrected chi connectivity index (χ3v) is 6.48. The second-order valence-corrected chi connectivity index (χ2v) is 10.4. The van der Waals surface area contributed by atoms with Gasteiger partial charge in [0.05, 0.1) is 19.1 Å². The van der Waals surface area contributed by atoms with Gasteiger partial charge in [0.25, 0.3) is 0 Å². The van der Waals surface area contributed by atoms with Crippen molar-refractivity contribution in [3.05, 3.63) is 60.2 Å². The highest BCUT2D eigenvalue weighted by Crippen LogP contribution is 2.20. The molecule has 186 valence electrons. The molecular weight excluding hydrogens is 454 g/mol. The first kappa shape index (κ1) is 27.2. The molecule has 0 saturated carbocycles. The van der Waals surface area contributed by atoms with E-state index < -0.39 is 16.1 Å². The molecule has 2 aromatic rings. The molecule has 0 saturated heterocycles. The summed E-state index contributed by atoms with van der Waals surface area (Å²) in [5.41, 5.74) is 1.38. The number of benzene rings is 2. The molecule has 0 fully saturated rings. The van der Waals surface area contributed by atoms with Crippen LogP contribution in [0.4, 0.5) is 5.69 Å². The Balaban J connectivity index is 2.17. The number of nitrogens with zero attached hydrogens (tertiary/aromatic N) is 2. The summed E-state index contributed by atoms with van der Waals surface area (Å²) in [7, 11) is -1.93. The molecule has 2 aromatic carbocycles. The average molecular weight is 490 g/mol. The SMILES string of the molecule is COc1cccc(CN(C(=O)CCCN(c2ccccc2)S(C)(=O)=O)[C@@H](C)C(=O)NC(C)C)c1. The molecule has 0 unspecified atom stereocenters. The van der Waals surface area contributed by atoms with E-state index in [1.165, 1.54) is 9.21 Å². The monoisotopic (exact) mass is 489 g/mol. The zero-order chi connectivity index (χ0) is 25.3. The number of methoxy groups -OCH3 is 1. The molecule has 1 N–H and O–H groups in total. The zero-order valence-electron chi connectivity index (χ0n) is 20.5. The van der Waals surface area contributed by atoms with Crippen molar-refractivity contribution in [2.24, 2.45) is 0 Å². The normalized spacial score (nSPS) is 12.2. The lowest BCUT2D eigenvalue weighted by Crippen LogP contribution is -2.49. The van der Waals surface area contributed by atoms with Gasteiger partial charge in [-0.3, -0.25) is 13.9 Å². The van der Waals surface area contributed by atoms with E-state index in [0.29, 0.717) is 17.9 Å². The Morgan fingerprint density at radius 3 is 2.29 bits per heavy atom. The Morgan fingerprint density at radius 1 is 1.03 bits per heavy atom. The molecule has 0 spiro atoms. The van der Waals surface area contributed by atoms with Gasteiger partial charge >= 0.3 is 0 Å². The van der Waals surface area contributed by atoms with Gasteiger partial charge in [-0.15, -0.1) is 0 Å². The lowest BCUT2D eigenvalue weighted by molar-refractivity contribution is -0.140. The van der Waals surface area contributed by atoms with E-state index >= 15 is 0 Å². The van der Waals surface area contributed by atoms with Crippen LogP contribution < -0.4 is 14.4 Å². The van der Waals surface area contributed by atoms with Crippen LogP contribution in [0.2, 0.25) is 0 Å². The summed E-state index contributed by atoms with van der Waals surface area (Å²) >= 11 is 0. The number of anilines is 1. The van der Waals surface area contributed by atoms with Gasteiger partial charge in [-0.2, -0.15) is 0 Å². The fourth-order valence-corrected chi connectivity index (χ4v) is 4.52. The summed E-state index contributed by atoms with van der Waals surface area (Å²) in [5, 5.41) is 2.86. The third-order valence-electron chi connectivity index (χ3n) is 5.28. The molecule has 0 aromatic heterocycles. The predicted molar refractivity (Wildman–Crippen MR) is 134 cm³/mol. The minimum absolute atomic E-state index is 0.0575. The van der Waals surface area contributed by atoms with E-state index in [0.717, 1.165) is 11.8 Å². The number of hydrogen-bond donors (Lipinski definition) is 1. The molecule has 0 aliphatic heterocycles. The maximum atomic E-state index is 13.2. The molecule has 0 bridgehead atoms. The first-order chi connectivity index (χ1) is 16.0. The standard InChI is InChI=1S/C25H35N3O5S/c1-19(2)26-25(30)20(3)27(18-21-11-9-14-23(17-21)33-4)24(29)15-10-16-28(34(5,31)32)22-12-7-6-8-13-22/h6-9,11-14,17,19-20H,10,15-16,18H2,1-5H3,(H,26,30)/t20-/m0/s1. The largest absolute Gasteiger partial charge is 0.497 e. The van der Waals surface area contributed by atoms with E-state index in [9.17, 15) is 18.0 Å². The van der Waals surface area contributed by atoms with Crippen LogP contribution in [-0.4, -0.2) is 57.1 Å². The maximum absolute atomic E-state index is 13.2. The first-order valence-electron chi connectivity index (χ1n) is 11.3. The third kappa shape index (κ3) is 8.06. The average Bonchev–Trinajstić information content (AvgIpc) is 2.79. The summed E-state index contributed by atoms with van der Waals surface area (Å²) in [5.74, 6) is 0.194. The van der Waals surface area contributed by atoms with Crippen molar-refractivity contribution in [2.75, 3.05) is 24.2 Å². The van der Waals surface area contributed by atoms with Crippen LogP contribution in [0.15, 0.2) is 54.6 Å². The number of nitrogens with one attached hydrogen (secondary N) is 1. The van der Waals surface area contributed by atoms with Crippen LogP contribution in [0.3, 0.4) is 0 Å². The van der Waals surface area contributed by atoms with Gasteiger partial charge in [-0.1, -0.05) is 30.3 Å². The molecule has 0 radical (unpaired) electrons. The zero-order valence-corrected chi connectivity index (χ0v) is 21.3. The van der Waals surface area contributed by atoms with Crippen LogP contribution in [0, 0.1) is 0 Å². The van der Waals surface area contributed by atoms with E-state index in [2.05, 4.69) is 5.32 Å². The number of carbonyl (C=O) groups is 2. The molecule has 2 rings (SSSR count). The van der Waals surface area contributed by atoms with Crippen molar-refractivity contribution >= 4 is 27.5 Å². The smallest absolute Gasteiger partial charge is 0.242 e. The highest BCUT2D eigenvalue weighted by Gasteiger charge is 2.27. The second kappa shape index (κ2) is 12.4. The van der Waals surface area contributed by atoms with Crippen molar-refractivity contribution in [2.45, 2.75) is 52.2 Å². The second-order valence-electron chi connectivity index (χ2n) is 8.49. The number of sulfonamides is 1. The summed E-state index contributed by atoms with van der Waals surface area (Å²) in [4.78, 5) is 27.5. The van der Waals surface area contributed by atoms with Crippen LogP contribution in [0.1, 0.15) is 39.2 Å². The van der Waals surface area contributed by atoms with Crippen molar-refractivity contribution < 1.29 is 22.7 Å². The number of rotatable bonds is 12. The van der Waals surface area contributed by atoms with Crippen LogP contribution >= 0.6 is 0 Å². The van der Waals surface area contributed by atoms with E-state index in [-0.39, 0.29) is 37.4 Å². The first-order valence-corrected chi connectivity index (χ1v) is 13.1. The van der Waals surface area contributed by atoms with Gasteiger partial charge in [-0.25, -0.2) is 8.42 Å². The topological polar surface area (TPSA) is 96.0 Å². The minimum atomic E-state index is -3.51. The molecule has 0 aliphatic carbocycles. The van der Waals surface area contributed by atoms with Crippen LogP contribution in [-0.2, 0) is 26.2 Å². The van der Waals surface area contributed by atoms with Crippen molar-refractivity contribution in [3.8, 4) is 5.75 Å². The Kier molecular flexibility index (Phi) is 9.92. The van der Waals surface area contributed by atoms with Gasteiger partial charge in [0.2, 0.25) is 21.8 Å². The molecule has 34 heavy (non-hydrogen) atoms. The van der Waals surface area contributed by atoms with Crippen molar-refractivity contribution in [1.29, 1.82) is 0 Å².